The molecule has 13 heavy (non-hydrogen) atoms. The zero-order valence-electron chi connectivity index (χ0n) is 8.03. The maximum Gasteiger partial charge on any atom is 0.322 e. The van der Waals surface area contributed by atoms with Crippen LogP contribution in [0, 0.1) is 0 Å². The topological polar surface area (TPSA) is 72.5 Å². The van der Waals surface area contributed by atoms with E-state index < -0.39 is 21.7 Å². The lowest BCUT2D eigenvalue weighted by atomic mass is 10.3. The second kappa shape index (κ2) is 5.18. The summed E-state index contributed by atoms with van der Waals surface area (Å²) in [4.78, 5) is 10.7. The van der Waals surface area contributed by atoms with Crippen molar-refractivity contribution in [3.8, 4) is 0 Å². The molecule has 0 aliphatic carbocycles. The smallest absolute Gasteiger partial charge is 0.322 e. The summed E-state index contributed by atoms with van der Waals surface area (Å²) in [6.07, 6.45) is 0.681. The van der Waals surface area contributed by atoms with Crippen LogP contribution in [0.25, 0.3) is 0 Å². The predicted molar refractivity (Wildman–Crippen MR) is 48.7 cm³/mol. The van der Waals surface area contributed by atoms with Crippen molar-refractivity contribution >= 4 is 16.0 Å². The van der Waals surface area contributed by atoms with Crippen molar-refractivity contribution < 1.29 is 17.9 Å². The van der Waals surface area contributed by atoms with Crippen LogP contribution in [0.1, 0.15) is 20.3 Å². The van der Waals surface area contributed by atoms with Gasteiger partial charge in [0.2, 0.25) is 10.0 Å². The average Bonchev–Trinajstić information content (AvgIpc) is 2.02. The summed E-state index contributed by atoms with van der Waals surface area (Å²) in [6.45, 7) is 3.58. The monoisotopic (exact) mass is 209 g/mol. The van der Waals surface area contributed by atoms with Gasteiger partial charge < -0.3 is 4.74 Å². The fourth-order valence-electron chi connectivity index (χ4n) is 0.646. The van der Waals surface area contributed by atoms with Crippen LogP contribution < -0.4 is 4.72 Å². The SMILES string of the molecule is CCC(C)NS(=O)(=O)CC(=O)OC. The van der Waals surface area contributed by atoms with Gasteiger partial charge in [-0.15, -0.1) is 0 Å². The van der Waals surface area contributed by atoms with Crippen LogP contribution in [0.3, 0.4) is 0 Å². The quantitative estimate of drug-likeness (QED) is 0.640. The molecule has 0 aromatic heterocycles. The highest BCUT2D eigenvalue weighted by Crippen LogP contribution is 1.94. The fourth-order valence-corrected chi connectivity index (χ4v) is 1.94. The summed E-state index contributed by atoms with van der Waals surface area (Å²) in [5.74, 6) is -1.37. The number of ether oxygens (including phenoxy) is 1. The van der Waals surface area contributed by atoms with Crippen molar-refractivity contribution in [2.24, 2.45) is 0 Å². The molecule has 0 aliphatic rings. The maximum absolute atomic E-state index is 11.2. The van der Waals surface area contributed by atoms with Crippen molar-refractivity contribution in [3.05, 3.63) is 0 Å². The molecule has 0 amide bonds. The maximum atomic E-state index is 11.2. The van der Waals surface area contributed by atoms with Gasteiger partial charge in [0.15, 0.2) is 5.75 Å². The van der Waals surface area contributed by atoms with Gasteiger partial charge >= 0.3 is 5.97 Å². The van der Waals surface area contributed by atoms with Crippen molar-refractivity contribution in [1.29, 1.82) is 0 Å². The Balaban J connectivity index is 4.17. The van der Waals surface area contributed by atoms with Gasteiger partial charge in [-0.3, -0.25) is 4.79 Å². The van der Waals surface area contributed by atoms with Crippen LogP contribution in [0.4, 0.5) is 0 Å². The number of nitrogens with one attached hydrogen (secondary N) is 1. The Labute approximate surface area is 78.5 Å². The molecule has 5 nitrogen and oxygen atoms in total. The van der Waals surface area contributed by atoms with Gasteiger partial charge in [-0.1, -0.05) is 6.92 Å². The minimum Gasteiger partial charge on any atom is -0.468 e. The molecule has 0 rings (SSSR count). The molecule has 0 aromatic rings. The number of hydrogen-bond donors (Lipinski definition) is 1. The van der Waals surface area contributed by atoms with Crippen molar-refractivity contribution in [2.75, 3.05) is 12.9 Å². The van der Waals surface area contributed by atoms with Crippen LogP contribution in [-0.2, 0) is 19.6 Å². The standard InChI is InChI=1S/C7H15NO4S/c1-4-6(2)8-13(10,11)5-7(9)12-3/h6,8H,4-5H2,1-3H3. The normalized spacial score (nSPS) is 13.8. The summed E-state index contributed by atoms with van der Waals surface area (Å²) in [7, 11) is -2.37. The van der Waals surface area contributed by atoms with Gasteiger partial charge in [-0.25, -0.2) is 13.1 Å². The van der Waals surface area contributed by atoms with E-state index in [0.29, 0.717) is 6.42 Å². The second-order valence-corrected chi connectivity index (χ2v) is 4.52. The van der Waals surface area contributed by atoms with Gasteiger partial charge in [0.25, 0.3) is 0 Å². The first kappa shape index (κ1) is 12.4. The minimum atomic E-state index is -3.53. The highest BCUT2D eigenvalue weighted by Gasteiger charge is 2.18. The molecule has 6 heteroatoms. The third kappa shape index (κ3) is 5.59. The number of sulfonamides is 1. The molecule has 0 radical (unpaired) electrons. The fraction of sp³-hybridized carbons (Fsp3) is 0.857. The summed E-state index contributed by atoms with van der Waals surface area (Å²) in [5, 5.41) is 0. The lowest BCUT2D eigenvalue weighted by Crippen LogP contribution is -2.36. The van der Waals surface area contributed by atoms with Gasteiger partial charge in [0, 0.05) is 6.04 Å². The Morgan fingerprint density at radius 1 is 1.54 bits per heavy atom. The van der Waals surface area contributed by atoms with Gasteiger partial charge in [0.05, 0.1) is 7.11 Å². The molecule has 0 spiro atoms. The molecule has 0 fully saturated rings. The average molecular weight is 209 g/mol. The molecule has 0 bridgehead atoms. The Kier molecular flexibility index (Phi) is 4.94. The van der Waals surface area contributed by atoms with E-state index in [1.807, 2.05) is 6.92 Å². The molecule has 1 unspecified atom stereocenters. The van der Waals surface area contributed by atoms with Crippen LogP contribution in [0.2, 0.25) is 0 Å². The molecule has 1 atom stereocenters. The van der Waals surface area contributed by atoms with E-state index in [4.69, 9.17) is 0 Å². The van der Waals surface area contributed by atoms with Crippen LogP contribution >= 0.6 is 0 Å². The van der Waals surface area contributed by atoms with Crippen LogP contribution in [0.15, 0.2) is 0 Å². The molecule has 78 valence electrons. The van der Waals surface area contributed by atoms with Crippen molar-refractivity contribution in [2.45, 2.75) is 26.3 Å². The molecule has 0 aromatic carbocycles. The third-order valence-electron chi connectivity index (χ3n) is 1.53. The van der Waals surface area contributed by atoms with Gasteiger partial charge in [0.1, 0.15) is 0 Å². The zero-order chi connectivity index (χ0) is 10.5. The van der Waals surface area contributed by atoms with Crippen molar-refractivity contribution in [3.63, 3.8) is 0 Å². The Morgan fingerprint density at radius 2 is 2.08 bits per heavy atom. The van der Waals surface area contributed by atoms with E-state index >= 15 is 0 Å². The van der Waals surface area contributed by atoms with E-state index in [0.717, 1.165) is 7.11 Å². The number of methoxy groups -OCH3 is 1. The van der Waals surface area contributed by atoms with E-state index in [-0.39, 0.29) is 6.04 Å². The summed E-state index contributed by atoms with van der Waals surface area (Å²) < 4.78 is 28.9. The first-order chi connectivity index (χ1) is 5.91. The summed E-state index contributed by atoms with van der Waals surface area (Å²) in [5.41, 5.74) is 0. The lowest BCUT2D eigenvalue weighted by Gasteiger charge is -2.10. The first-order valence-corrected chi connectivity index (χ1v) is 5.63. The Morgan fingerprint density at radius 3 is 2.46 bits per heavy atom. The molecular formula is C7H15NO4S. The predicted octanol–water partition coefficient (Wildman–Crippen LogP) is -0.123. The molecular weight excluding hydrogens is 194 g/mol. The first-order valence-electron chi connectivity index (χ1n) is 3.98. The van der Waals surface area contributed by atoms with Crippen molar-refractivity contribution in [1.82, 2.24) is 4.72 Å². The second-order valence-electron chi connectivity index (χ2n) is 2.76. The molecule has 0 saturated heterocycles. The van der Waals surface area contributed by atoms with E-state index in [1.54, 1.807) is 6.92 Å². The summed E-state index contributed by atoms with van der Waals surface area (Å²) in [6, 6.07) is -0.158. The van der Waals surface area contributed by atoms with Gasteiger partial charge in [-0.05, 0) is 13.3 Å². The summed E-state index contributed by atoms with van der Waals surface area (Å²) >= 11 is 0. The van der Waals surface area contributed by atoms with Crippen LogP contribution in [-0.4, -0.2) is 33.3 Å². The minimum absolute atomic E-state index is 0.158. The highest BCUT2D eigenvalue weighted by atomic mass is 32.2. The molecule has 0 aliphatic heterocycles. The third-order valence-corrected chi connectivity index (χ3v) is 2.91. The number of carbonyl (C=O) groups excluding carboxylic acids is 1. The zero-order valence-corrected chi connectivity index (χ0v) is 8.85. The van der Waals surface area contributed by atoms with Crippen LogP contribution in [0.5, 0.6) is 0 Å². The molecule has 1 N–H and O–H groups in total. The highest BCUT2D eigenvalue weighted by molar-refractivity contribution is 7.90. The number of carbonyl (C=O) groups is 1. The number of esters is 1. The number of hydrogen-bond acceptors (Lipinski definition) is 4. The van der Waals surface area contributed by atoms with E-state index in [9.17, 15) is 13.2 Å². The largest absolute Gasteiger partial charge is 0.468 e. The van der Waals surface area contributed by atoms with Gasteiger partial charge in [-0.2, -0.15) is 0 Å². The lowest BCUT2D eigenvalue weighted by molar-refractivity contribution is -0.137. The Hall–Kier alpha value is -0.620. The molecule has 0 saturated carbocycles. The Bertz CT molecular complexity index is 260. The van der Waals surface area contributed by atoms with E-state index in [1.165, 1.54) is 0 Å². The molecule has 0 heterocycles. The number of rotatable bonds is 5. The van der Waals surface area contributed by atoms with E-state index in [2.05, 4.69) is 9.46 Å².